The van der Waals surface area contributed by atoms with Crippen LogP contribution in [0.4, 0.5) is 0 Å². The Balaban J connectivity index is 1.54. The number of nitrogens with one attached hydrogen (secondary N) is 1. The first-order valence-electron chi connectivity index (χ1n) is 6.64. The minimum absolute atomic E-state index is 0.0649. The molecule has 0 spiro atoms. The molecular formula is C14H19NO3. The Morgan fingerprint density at radius 3 is 2.78 bits per heavy atom. The summed E-state index contributed by atoms with van der Waals surface area (Å²) < 4.78 is 5.33. The number of hydrogen-bond donors (Lipinski definition) is 2. The maximum absolute atomic E-state index is 10.9. The second-order valence-electron chi connectivity index (χ2n) is 5.77. The van der Waals surface area contributed by atoms with Gasteiger partial charge < -0.3 is 14.8 Å². The van der Waals surface area contributed by atoms with Crippen molar-refractivity contribution in [1.29, 1.82) is 0 Å². The second kappa shape index (κ2) is 4.12. The smallest absolute Gasteiger partial charge is 0.372 e. The van der Waals surface area contributed by atoms with Crippen LogP contribution >= 0.6 is 0 Å². The van der Waals surface area contributed by atoms with Crippen molar-refractivity contribution in [2.24, 2.45) is 11.3 Å². The van der Waals surface area contributed by atoms with Crippen molar-refractivity contribution >= 4 is 5.97 Å². The highest BCUT2D eigenvalue weighted by Gasteiger charge is 2.53. The summed E-state index contributed by atoms with van der Waals surface area (Å²) in [5.41, 5.74) is 1.26. The van der Waals surface area contributed by atoms with E-state index in [1.807, 2.05) is 6.07 Å². The van der Waals surface area contributed by atoms with Crippen LogP contribution in [-0.2, 0) is 6.54 Å². The van der Waals surface area contributed by atoms with E-state index in [0.29, 0.717) is 17.5 Å². The van der Waals surface area contributed by atoms with Gasteiger partial charge in [-0.25, -0.2) is 4.79 Å². The minimum atomic E-state index is -0.990. The third kappa shape index (κ3) is 2.17. The monoisotopic (exact) mass is 249 g/mol. The van der Waals surface area contributed by atoms with Gasteiger partial charge in [-0.3, -0.25) is 0 Å². The molecule has 0 aliphatic heterocycles. The highest BCUT2D eigenvalue weighted by atomic mass is 16.4. The van der Waals surface area contributed by atoms with Crippen molar-refractivity contribution in [3.8, 4) is 0 Å². The van der Waals surface area contributed by atoms with Gasteiger partial charge in [0.25, 0.3) is 0 Å². The lowest BCUT2D eigenvalue weighted by Crippen LogP contribution is -2.24. The molecule has 2 aliphatic rings. The van der Waals surface area contributed by atoms with Crippen molar-refractivity contribution < 1.29 is 14.3 Å². The van der Waals surface area contributed by atoms with Crippen molar-refractivity contribution in [1.82, 2.24) is 5.32 Å². The molecule has 0 aromatic carbocycles. The van der Waals surface area contributed by atoms with Gasteiger partial charge in [0.2, 0.25) is 5.76 Å². The van der Waals surface area contributed by atoms with Gasteiger partial charge in [0, 0.05) is 12.1 Å². The first-order chi connectivity index (χ1) is 8.61. The summed E-state index contributed by atoms with van der Waals surface area (Å²) in [5, 5.41) is 12.3. The van der Waals surface area contributed by atoms with Crippen molar-refractivity contribution in [3.05, 3.63) is 23.2 Å². The number of carboxylic acids is 1. The summed E-state index contributed by atoms with van der Waals surface area (Å²) in [7, 11) is 0. The van der Waals surface area contributed by atoms with Gasteiger partial charge in [0.15, 0.2) is 0 Å². The molecule has 2 aliphatic carbocycles. The van der Waals surface area contributed by atoms with E-state index >= 15 is 0 Å². The second-order valence-corrected chi connectivity index (χ2v) is 5.77. The van der Waals surface area contributed by atoms with Gasteiger partial charge in [0.05, 0.1) is 6.54 Å². The van der Waals surface area contributed by atoms with Gasteiger partial charge in [0.1, 0.15) is 5.76 Å². The molecule has 0 atom stereocenters. The Morgan fingerprint density at radius 1 is 1.56 bits per heavy atom. The van der Waals surface area contributed by atoms with E-state index in [4.69, 9.17) is 9.52 Å². The molecule has 1 aromatic heterocycles. The molecule has 0 amide bonds. The third-order valence-corrected chi connectivity index (χ3v) is 4.27. The number of hydrogen-bond acceptors (Lipinski definition) is 3. The zero-order valence-corrected chi connectivity index (χ0v) is 10.7. The average Bonchev–Trinajstić information content (AvgIpc) is 3.18. The van der Waals surface area contributed by atoms with Crippen molar-refractivity contribution in [3.63, 3.8) is 0 Å². The molecule has 0 bridgehead atoms. The zero-order chi connectivity index (χ0) is 12.8. The number of furan rings is 1. The standard InChI is InChI=1S/C14H19NO3/c1-9-6-11(18-12(9)13(16)17)7-15-8-14(4-5-14)10-2-3-10/h6,10,15H,2-5,7-8H2,1H3,(H,16,17). The predicted molar refractivity (Wildman–Crippen MR) is 66.5 cm³/mol. The number of carboxylic acid groups (broad SMARTS) is 1. The van der Waals surface area contributed by atoms with Crippen LogP contribution in [0.2, 0.25) is 0 Å². The molecule has 0 radical (unpaired) electrons. The van der Waals surface area contributed by atoms with Crippen LogP contribution in [0, 0.1) is 18.3 Å². The van der Waals surface area contributed by atoms with Crippen molar-refractivity contribution in [2.45, 2.75) is 39.2 Å². The van der Waals surface area contributed by atoms with Crippen LogP contribution in [0.5, 0.6) is 0 Å². The Hall–Kier alpha value is -1.29. The summed E-state index contributed by atoms with van der Waals surface area (Å²) in [6.07, 6.45) is 5.49. The summed E-state index contributed by atoms with van der Waals surface area (Å²) in [6.45, 7) is 3.44. The van der Waals surface area contributed by atoms with Crippen LogP contribution in [0.3, 0.4) is 0 Å². The molecule has 1 aromatic rings. The van der Waals surface area contributed by atoms with Crippen LogP contribution in [0.1, 0.15) is 47.6 Å². The van der Waals surface area contributed by atoms with E-state index in [1.54, 1.807) is 6.92 Å². The molecule has 98 valence electrons. The Labute approximate surface area is 106 Å². The number of rotatable bonds is 6. The van der Waals surface area contributed by atoms with E-state index < -0.39 is 5.97 Å². The molecule has 2 N–H and O–H groups in total. The predicted octanol–water partition coefficient (Wildman–Crippen LogP) is 2.57. The van der Waals surface area contributed by atoms with Gasteiger partial charge in [-0.2, -0.15) is 0 Å². The molecule has 2 fully saturated rings. The van der Waals surface area contributed by atoms with E-state index in [0.717, 1.165) is 18.2 Å². The number of aryl methyl sites for hydroxylation is 1. The van der Waals surface area contributed by atoms with E-state index in [2.05, 4.69) is 5.32 Å². The van der Waals surface area contributed by atoms with Crippen LogP contribution in [0.25, 0.3) is 0 Å². The molecule has 18 heavy (non-hydrogen) atoms. The molecule has 4 nitrogen and oxygen atoms in total. The highest BCUT2D eigenvalue weighted by Crippen LogP contribution is 2.60. The summed E-state index contributed by atoms with van der Waals surface area (Å²) in [6, 6.07) is 1.81. The topological polar surface area (TPSA) is 62.5 Å². The lowest BCUT2D eigenvalue weighted by molar-refractivity contribution is 0.0659. The minimum Gasteiger partial charge on any atom is -0.475 e. The van der Waals surface area contributed by atoms with Crippen LogP contribution in [0.15, 0.2) is 10.5 Å². The maximum Gasteiger partial charge on any atom is 0.372 e. The molecular weight excluding hydrogens is 230 g/mol. The Kier molecular flexibility index (Phi) is 2.70. The maximum atomic E-state index is 10.9. The average molecular weight is 249 g/mol. The summed E-state index contributed by atoms with van der Waals surface area (Å²) >= 11 is 0. The van der Waals surface area contributed by atoms with Gasteiger partial charge >= 0.3 is 5.97 Å². The molecule has 2 saturated carbocycles. The molecule has 0 unspecified atom stereocenters. The zero-order valence-electron chi connectivity index (χ0n) is 10.7. The highest BCUT2D eigenvalue weighted by molar-refractivity contribution is 5.86. The Bertz CT molecular complexity index is 469. The first-order valence-corrected chi connectivity index (χ1v) is 6.64. The van der Waals surface area contributed by atoms with Crippen LogP contribution < -0.4 is 5.32 Å². The largest absolute Gasteiger partial charge is 0.475 e. The molecule has 1 heterocycles. The Morgan fingerprint density at radius 2 is 2.28 bits per heavy atom. The fourth-order valence-corrected chi connectivity index (χ4v) is 2.87. The van der Waals surface area contributed by atoms with E-state index in [1.165, 1.54) is 25.7 Å². The molecule has 3 rings (SSSR count). The van der Waals surface area contributed by atoms with Gasteiger partial charge in [-0.1, -0.05) is 0 Å². The molecule has 4 heteroatoms. The number of aromatic carboxylic acids is 1. The quantitative estimate of drug-likeness (QED) is 0.813. The first kappa shape index (κ1) is 11.8. The van der Waals surface area contributed by atoms with E-state index in [-0.39, 0.29) is 5.76 Å². The SMILES string of the molecule is Cc1cc(CNCC2(C3CC3)CC2)oc1C(=O)O. The normalized spacial score (nSPS) is 20.9. The van der Waals surface area contributed by atoms with Crippen LogP contribution in [-0.4, -0.2) is 17.6 Å². The lowest BCUT2D eigenvalue weighted by atomic mass is 10.0. The summed E-state index contributed by atoms with van der Waals surface area (Å²) in [5.74, 6) is 0.736. The third-order valence-electron chi connectivity index (χ3n) is 4.27. The number of carbonyl (C=O) groups is 1. The fourth-order valence-electron chi connectivity index (χ4n) is 2.87. The molecule has 0 saturated heterocycles. The van der Waals surface area contributed by atoms with Gasteiger partial charge in [-0.15, -0.1) is 0 Å². The lowest BCUT2D eigenvalue weighted by Gasteiger charge is -2.13. The van der Waals surface area contributed by atoms with E-state index in [9.17, 15) is 4.79 Å². The van der Waals surface area contributed by atoms with Crippen molar-refractivity contribution in [2.75, 3.05) is 6.54 Å². The van der Waals surface area contributed by atoms with Gasteiger partial charge in [-0.05, 0) is 50.0 Å². The summed E-state index contributed by atoms with van der Waals surface area (Å²) in [4.78, 5) is 10.9. The fraction of sp³-hybridized carbons (Fsp3) is 0.643.